The fourth-order valence-electron chi connectivity index (χ4n) is 4.18. The molecule has 8 heteroatoms. The van der Waals surface area contributed by atoms with Crippen LogP contribution in [0.1, 0.15) is 24.0 Å². The second kappa shape index (κ2) is 9.48. The van der Waals surface area contributed by atoms with Crippen LogP contribution in [0.5, 0.6) is 17.2 Å². The number of nitrogens with one attached hydrogen (secondary N) is 1. The summed E-state index contributed by atoms with van der Waals surface area (Å²) in [6.45, 7) is 0.699. The number of likely N-dealkylation sites (tertiary alicyclic amines) is 1. The van der Waals surface area contributed by atoms with Gasteiger partial charge in [-0.3, -0.25) is 9.59 Å². The fraction of sp³-hybridized carbons (Fsp3) is 0.417. The summed E-state index contributed by atoms with van der Waals surface area (Å²) in [5.41, 5.74) is 2.57. The van der Waals surface area contributed by atoms with E-state index in [1.54, 1.807) is 43.4 Å². The lowest BCUT2D eigenvalue weighted by molar-refractivity contribution is -0.136. The zero-order valence-electron chi connectivity index (χ0n) is 18.3. The molecule has 0 saturated carbocycles. The number of ether oxygens (including phenoxy) is 3. The quantitative estimate of drug-likeness (QED) is 0.715. The van der Waals surface area contributed by atoms with E-state index in [-0.39, 0.29) is 24.8 Å². The predicted molar refractivity (Wildman–Crippen MR) is 118 cm³/mol. The maximum absolute atomic E-state index is 12.9. The first kappa shape index (κ1) is 22.0. The van der Waals surface area contributed by atoms with Crippen LogP contribution in [0, 0.1) is 0 Å². The van der Waals surface area contributed by atoms with Crippen molar-refractivity contribution in [3.05, 3.63) is 47.5 Å². The molecule has 0 radical (unpaired) electrons. The first-order valence-corrected chi connectivity index (χ1v) is 10.7. The molecular weight excluding hydrogens is 412 g/mol. The molecule has 170 valence electrons. The highest BCUT2D eigenvalue weighted by atomic mass is 16.5. The van der Waals surface area contributed by atoms with Gasteiger partial charge in [-0.15, -0.1) is 0 Å². The number of aryl methyl sites for hydroxylation is 1. The summed E-state index contributed by atoms with van der Waals surface area (Å²) in [5.74, 6) is 1.88. The minimum atomic E-state index is -0.796. The highest BCUT2D eigenvalue weighted by molar-refractivity contribution is 5.94. The Morgan fingerprint density at radius 1 is 1.12 bits per heavy atom. The van der Waals surface area contributed by atoms with Crippen molar-refractivity contribution >= 4 is 17.5 Å². The van der Waals surface area contributed by atoms with Crippen LogP contribution < -0.4 is 19.5 Å². The summed E-state index contributed by atoms with van der Waals surface area (Å²) in [5, 5.41) is 13.5. The molecule has 2 N–H and O–H groups in total. The van der Waals surface area contributed by atoms with Gasteiger partial charge in [0.15, 0.2) is 0 Å². The van der Waals surface area contributed by atoms with Gasteiger partial charge in [0.2, 0.25) is 11.8 Å². The van der Waals surface area contributed by atoms with Crippen molar-refractivity contribution in [1.29, 1.82) is 0 Å². The van der Waals surface area contributed by atoms with Crippen LogP contribution in [-0.4, -0.2) is 61.3 Å². The third-order valence-corrected chi connectivity index (χ3v) is 5.96. The van der Waals surface area contributed by atoms with Crippen LogP contribution in [0.25, 0.3) is 0 Å². The Kier molecular flexibility index (Phi) is 6.50. The topological polar surface area (TPSA) is 97.3 Å². The van der Waals surface area contributed by atoms with E-state index >= 15 is 0 Å². The first-order chi connectivity index (χ1) is 15.5. The van der Waals surface area contributed by atoms with Crippen LogP contribution in [0.15, 0.2) is 36.4 Å². The number of piperidine rings is 1. The molecule has 0 unspecified atom stereocenters. The highest BCUT2D eigenvalue weighted by Gasteiger charge is 2.32. The maximum atomic E-state index is 12.9. The largest absolute Gasteiger partial charge is 0.497 e. The number of amides is 2. The number of aliphatic hydroxyl groups is 1. The van der Waals surface area contributed by atoms with Crippen molar-refractivity contribution in [2.75, 3.05) is 32.6 Å². The second-order valence-corrected chi connectivity index (χ2v) is 8.07. The maximum Gasteiger partial charge on any atom is 0.227 e. The van der Waals surface area contributed by atoms with Crippen molar-refractivity contribution in [2.45, 2.75) is 37.9 Å². The van der Waals surface area contributed by atoms with Crippen molar-refractivity contribution in [2.24, 2.45) is 0 Å². The zero-order valence-corrected chi connectivity index (χ0v) is 18.3. The standard InChI is InChI=1S/C24H28N2O6/c1-30-17-5-7-21(31-2)16(12-17)13-24(29)26-10-9-22(20(27)14-26)32-18-4-6-19-15(11-18)3-8-23(28)25-19/h4-7,11-12,20,22,27H,3,8-10,13-14H2,1-2H3,(H,25,28)/t20-,22-/m1/s1. The van der Waals surface area contributed by atoms with Crippen LogP contribution in [0.4, 0.5) is 5.69 Å². The van der Waals surface area contributed by atoms with E-state index < -0.39 is 12.2 Å². The molecule has 0 aromatic heterocycles. The SMILES string of the molecule is COc1ccc(OC)c(CC(=O)N2CC[C@@H](Oc3ccc4c(c3)CCC(=O)N4)[C@H](O)C2)c1. The molecule has 2 atom stereocenters. The molecule has 0 bridgehead atoms. The van der Waals surface area contributed by atoms with Gasteiger partial charge in [0.1, 0.15) is 29.5 Å². The van der Waals surface area contributed by atoms with Gasteiger partial charge in [-0.2, -0.15) is 0 Å². The number of hydrogen-bond acceptors (Lipinski definition) is 6. The van der Waals surface area contributed by atoms with E-state index in [2.05, 4.69) is 5.32 Å². The second-order valence-electron chi connectivity index (χ2n) is 8.07. The summed E-state index contributed by atoms with van der Waals surface area (Å²) in [7, 11) is 3.14. The normalized spacial score (nSPS) is 20.2. The van der Waals surface area contributed by atoms with Gasteiger partial charge in [0, 0.05) is 30.6 Å². The van der Waals surface area contributed by atoms with Gasteiger partial charge in [-0.05, 0) is 48.4 Å². The molecule has 4 rings (SSSR count). The summed E-state index contributed by atoms with van der Waals surface area (Å²) < 4.78 is 16.7. The molecule has 1 saturated heterocycles. The monoisotopic (exact) mass is 440 g/mol. The van der Waals surface area contributed by atoms with E-state index in [0.717, 1.165) is 16.8 Å². The number of β-amino-alcohol motifs (C(OH)–C–C–N with tert-alkyl or cyclic N) is 1. The average Bonchev–Trinajstić information content (AvgIpc) is 2.80. The number of fused-ring (bicyclic) bond motifs is 1. The van der Waals surface area contributed by atoms with Crippen LogP contribution >= 0.6 is 0 Å². The molecular formula is C24H28N2O6. The Hall–Kier alpha value is -3.26. The van der Waals surface area contributed by atoms with Crippen molar-refractivity contribution in [3.8, 4) is 17.2 Å². The van der Waals surface area contributed by atoms with Crippen molar-refractivity contribution < 1.29 is 28.9 Å². The smallest absolute Gasteiger partial charge is 0.227 e. The summed E-state index contributed by atoms with van der Waals surface area (Å²) in [4.78, 5) is 26.1. The number of anilines is 1. The average molecular weight is 440 g/mol. The number of methoxy groups -OCH3 is 2. The van der Waals surface area contributed by atoms with Gasteiger partial charge in [-0.25, -0.2) is 0 Å². The molecule has 2 aromatic rings. The molecule has 2 aromatic carbocycles. The Balaban J connectivity index is 1.36. The molecule has 1 fully saturated rings. The minimum absolute atomic E-state index is 0.0187. The predicted octanol–water partition coefficient (Wildman–Crippen LogP) is 2.17. The zero-order chi connectivity index (χ0) is 22.7. The molecule has 2 aliphatic heterocycles. The number of aliphatic hydroxyl groups excluding tert-OH is 1. The van der Waals surface area contributed by atoms with E-state index in [0.29, 0.717) is 43.1 Å². The molecule has 0 spiro atoms. The minimum Gasteiger partial charge on any atom is -0.497 e. The van der Waals surface area contributed by atoms with Gasteiger partial charge in [-0.1, -0.05) is 0 Å². The number of carbonyl (C=O) groups is 2. The van der Waals surface area contributed by atoms with Crippen LogP contribution in [-0.2, 0) is 22.4 Å². The molecule has 8 nitrogen and oxygen atoms in total. The number of benzene rings is 2. The lowest BCUT2D eigenvalue weighted by atomic mass is 10.0. The molecule has 2 amide bonds. The lowest BCUT2D eigenvalue weighted by Gasteiger charge is -2.36. The van der Waals surface area contributed by atoms with E-state index in [4.69, 9.17) is 14.2 Å². The lowest BCUT2D eigenvalue weighted by Crippen LogP contribution is -2.51. The number of nitrogens with zero attached hydrogens (tertiary/aromatic N) is 1. The Morgan fingerprint density at radius 3 is 2.69 bits per heavy atom. The summed E-state index contributed by atoms with van der Waals surface area (Å²) in [6.07, 6.45) is 0.613. The molecule has 32 heavy (non-hydrogen) atoms. The highest BCUT2D eigenvalue weighted by Crippen LogP contribution is 2.29. The number of hydrogen-bond donors (Lipinski definition) is 2. The summed E-state index contributed by atoms with van der Waals surface area (Å²) >= 11 is 0. The molecule has 2 heterocycles. The molecule has 0 aliphatic carbocycles. The Morgan fingerprint density at radius 2 is 1.94 bits per heavy atom. The summed E-state index contributed by atoms with van der Waals surface area (Å²) in [6, 6.07) is 10.9. The number of rotatable bonds is 6. The third-order valence-electron chi connectivity index (χ3n) is 5.96. The fourth-order valence-corrected chi connectivity index (χ4v) is 4.18. The molecule has 2 aliphatic rings. The van der Waals surface area contributed by atoms with Gasteiger partial charge in [0.05, 0.1) is 27.2 Å². The Bertz CT molecular complexity index is 1010. The third kappa shape index (κ3) is 4.80. The first-order valence-electron chi connectivity index (χ1n) is 10.7. The Labute approximate surface area is 187 Å². The van der Waals surface area contributed by atoms with E-state index in [1.807, 2.05) is 12.1 Å². The van der Waals surface area contributed by atoms with E-state index in [9.17, 15) is 14.7 Å². The van der Waals surface area contributed by atoms with E-state index in [1.165, 1.54) is 0 Å². The van der Waals surface area contributed by atoms with Crippen LogP contribution in [0.3, 0.4) is 0 Å². The van der Waals surface area contributed by atoms with Crippen molar-refractivity contribution in [3.63, 3.8) is 0 Å². The van der Waals surface area contributed by atoms with Gasteiger partial charge < -0.3 is 29.5 Å². The van der Waals surface area contributed by atoms with Gasteiger partial charge in [0.25, 0.3) is 0 Å². The van der Waals surface area contributed by atoms with Crippen LogP contribution in [0.2, 0.25) is 0 Å². The van der Waals surface area contributed by atoms with Gasteiger partial charge >= 0.3 is 0 Å². The van der Waals surface area contributed by atoms with Crippen molar-refractivity contribution in [1.82, 2.24) is 4.90 Å². The number of carbonyl (C=O) groups excluding carboxylic acids is 2.